The molecule has 39 heavy (non-hydrogen) atoms. The molecule has 2 amide bonds. The molecule has 0 saturated carbocycles. The Bertz CT molecular complexity index is 1410. The molecule has 9 N–H and O–H groups in total. The molecule has 4 rings (SSSR count). The van der Waals surface area contributed by atoms with E-state index in [1.54, 1.807) is 18.2 Å². The van der Waals surface area contributed by atoms with E-state index in [0.717, 1.165) is 11.1 Å². The SMILES string of the molecule is CCOC(OCC)c1ccc(-c2nc3c(C(N)=O)cc(Cl)cc3[nH]2)cc1.Cl.Cl.NC(=O)c1cccc(N)c1N. The number of imidazole rings is 1. The van der Waals surface area contributed by atoms with E-state index < -0.39 is 18.1 Å². The molecule has 0 spiro atoms. The maximum atomic E-state index is 11.6. The van der Waals surface area contributed by atoms with E-state index in [9.17, 15) is 9.59 Å². The monoisotopic (exact) mass is 596 g/mol. The summed E-state index contributed by atoms with van der Waals surface area (Å²) < 4.78 is 11.2. The van der Waals surface area contributed by atoms with Gasteiger partial charge in [-0.1, -0.05) is 41.9 Å². The molecule has 0 aliphatic carbocycles. The summed E-state index contributed by atoms with van der Waals surface area (Å²) in [6, 6.07) is 15.7. The van der Waals surface area contributed by atoms with E-state index in [4.69, 9.17) is 44.0 Å². The van der Waals surface area contributed by atoms with Crippen molar-refractivity contribution in [1.82, 2.24) is 9.97 Å². The van der Waals surface area contributed by atoms with Gasteiger partial charge in [0.05, 0.1) is 28.0 Å². The number of aromatic nitrogens is 2. The molecular formula is C26H31Cl3N6O4. The molecule has 0 radical (unpaired) electrons. The Morgan fingerprint density at radius 3 is 2.03 bits per heavy atom. The Morgan fingerprint density at radius 1 is 0.923 bits per heavy atom. The zero-order valence-corrected chi connectivity index (χ0v) is 23.7. The van der Waals surface area contributed by atoms with Gasteiger partial charge in [0.1, 0.15) is 11.3 Å². The quantitative estimate of drug-likeness (QED) is 0.142. The largest absolute Gasteiger partial charge is 0.397 e. The number of halogens is 3. The first-order valence-corrected chi connectivity index (χ1v) is 11.8. The minimum Gasteiger partial charge on any atom is -0.397 e. The van der Waals surface area contributed by atoms with Crippen LogP contribution < -0.4 is 22.9 Å². The number of nitrogen functional groups attached to an aromatic ring is 2. The number of nitrogens with zero attached hydrogens (tertiary/aromatic N) is 1. The van der Waals surface area contributed by atoms with Crippen molar-refractivity contribution in [3.8, 4) is 11.4 Å². The molecule has 0 aliphatic heterocycles. The van der Waals surface area contributed by atoms with Gasteiger partial charge in [0.2, 0.25) is 0 Å². The lowest BCUT2D eigenvalue weighted by atomic mass is 10.1. The lowest BCUT2D eigenvalue weighted by Crippen LogP contribution is -2.14. The van der Waals surface area contributed by atoms with Crippen LogP contribution in [0.1, 0.15) is 46.4 Å². The predicted octanol–water partition coefficient (Wildman–Crippen LogP) is 4.85. The third-order valence-electron chi connectivity index (χ3n) is 5.31. The van der Waals surface area contributed by atoms with Gasteiger partial charge in [0.15, 0.2) is 6.29 Å². The van der Waals surface area contributed by atoms with Crippen molar-refractivity contribution in [1.29, 1.82) is 0 Å². The summed E-state index contributed by atoms with van der Waals surface area (Å²) in [4.78, 5) is 30.0. The highest BCUT2D eigenvalue weighted by Gasteiger charge is 2.15. The minimum absolute atomic E-state index is 0. The van der Waals surface area contributed by atoms with E-state index in [2.05, 4.69) is 9.97 Å². The standard InChI is InChI=1S/C19H20ClN3O3.C7H9N3O.2ClH/c1-3-25-19(26-4-2)12-7-5-11(6-8-12)18-22-15-10-13(20)9-14(17(21)24)16(15)23-18;8-5-3-1-2-4(6(5)9)7(10)11;;/h5-10,19H,3-4H2,1-2H3,(H2,21,24)(H,22,23);1-3H,8-9H2,(H2,10,11);2*1H. The molecule has 4 aromatic rings. The van der Waals surface area contributed by atoms with Crippen LogP contribution in [0, 0.1) is 0 Å². The third kappa shape index (κ3) is 8.22. The van der Waals surface area contributed by atoms with Crippen LogP contribution >= 0.6 is 36.4 Å². The number of rotatable bonds is 8. The first-order valence-electron chi connectivity index (χ1n) is 11.4. The highest BCUT2D eigenvalue weighted by molar-refractivity contribution is 6.32. The predicted molar refractivity (Wildman–Crippen MR) is 159 cm³/mol. The molecule has 210 valence electrons. The average molecular weight is 598 g/mol. The maximum absolute atomic E-state index is 11.6. The number of anilines is 2. The number of nitrogens with one attached hydrogen (secondary N) is 1. The van der Waals surface area contributed by atoms with Crippen LogP contribution in [0.4, 0.5) is 11.4 Å². The van der Waals surface area contributed by atoms with Crippen molar-refractivity contribution < 1.29 is 19.1 Å². The Kier molecular flexibility index (Phi) is 13.0. The van der Waals surface area contributed by atoms with Gasteiger partial charge in [-0.05, 0) is 38.1 Å². The van der Waals surface area contributed by atoms with E-state index in [-0.39, 0.29) is 36.1 Å². The Morgan fingerprint density at radius 2 is 1.51 bits per heavy atom. The molecule has 13 heteroatoms. The molecule has 0 unspecified atom stereocenters. The lowest BCUT2D eigenvalue weighted by Gasteiger charge is -2.17. The molecule has 0 saturated heterocycles. The van der Waals surface area contributed by atoms with Gasteiger partial charge in [0, 0.05) is 29.4 Å². The first kappa shape index (κ1) is 33.5. The second-order valence-corrected chi connectivity index (χ2v) is 8.27. The second-order valence-electron chi connectivity index (χ2n) is 7.84. The van der Waals surface area contributed by atoms with Crippen molar-refractivity contribution in [2.45, 2.75) is 20.1 Å². The summed E-state index contributed by atoms with van der Waals surface area (Å²) >= 11 is 6.05. The Hall–Kier alpha value is -3.54. The van der Waals surface area contributed by atoms with Crippen molar-refractivity contribution in [3.63, 3.8) is 0 Å². The van der Waals surface area contributed by atoms with Crippen molar-refractivity contribution >= 4 is 70.6 Å². The van der Waals surface area contributed by atoms with Crippen LogP contribution in [0.15, 0.2) is 54.6 Å². The lowest BCUT2D eigenvalue weighted by molar-refractivity contribution is -0.140. The maximum Gasteiger partial charge on any atom is 0.251 e. The molecule has 1 heterocycles. The fraction of sp³-hybridized carbons (Fsp3) is 0.192. The molecule has 1 aromatic heterocycles. The number of carbonyl (C=O) groups is 2. The van der Waals surface area contributed by atoms with Gasteiger partial charge in [-0.2, -0.15) is 0 Å². The van der Waals surface area contributed by atoms with Gasteiger partial charge in [-0.15, -0.1) is 24.8 Å². The van der Waals surface area contributed by atoms with E-state index in [1.165, 1.54) is 12.1 Å². The summed E-state index contributed by atoms with van der Waals surface area (Å²) in [6.45, 7) is 4.98. The van der Waals surface area contributed by atoms with Crippen molar-refractivity contribution in [2.75, 3.05) is 24.7 Å². The number of amides is 2. The van der Waals surface area contributed by atoms with Gasteiger partial charge in [0.25, 0.3) is 11.8 Å². The summed E-state index contributed by atoms with van der Waals surface area (Å²) in [5.41, 5.74) is 25.5. The summed E-state index contributed by atoms with van der Waals surface area (Å²) in [5, 5.41) is 0.424. The second kappa shape index (κ2) is 15.2. The summed E-state index contributed by atoms with van der Waals surface area (Å²) in [5.74, 6) is -0.502. The normalized spacial score (nSPS) is 10.3. The number of para-hydroxylation sites is 1. The van der Waals surface area contributed by atoms with E-state index >= 15 is 0 Å². The van der Waals surface area contributed by atoms with Crippen molar-refractivity contribution in [3.05, 3.63) is 76.3 Å². The molecule has 10 nitrogen and oxygen atoms in total. The number of hydrogen-bond acceptors (Lipinski definition) is 7. The fourth-order valence-electron chi connectivity index (χ4n) is 3.55. The van der Waals surface area contributed by atoms with Crippen LogP contribution in [0.5, 0.6) is 0 Å². The van der Waals surface area contributed by atoms with Crippen LogP contribution in [-0.2, 0) is 9.47 Å². The fourth-order valence-corrected chi connectivity index (χ4v) is 3.76. The molecular weight excluding hydrogens is 567 g/mol. The number of hydrogen-bond donors (Lipinski definition) is 5. The zero-order valence-electron chi connectivity index (χ0n) is 21.3. The first-order chi connectivity index (χ1) is 17.7. The van der Waals surface area contributed by atoms with Crippen LogP contribution in [0.25, 0.3) is 22.4 Å². The van der Waals surface area contributed by atoms with Gasteiger partial charge >= 0.3 is 0 Å². The minimum atomic E-state index is -0.567. The number of H-pyrrole nitrogens is 1. The number of aromatic amines is 1. The van der Waals surface area contributed by atoms with Crippen LogP contribution in [0.3, 0.4) is 0 Å². The van der Waals surface area contributed by atoms with E-state index in [1.807, 2.05) is 38.1 Å². The zero-order chi connectivity index (χ0) is 27.1. The molecule has 0 bridgehead atoms. The number of benzene rings is 3. The summed E-state index contributed by atoms with van der Waals surface area (Å²) in [7, 11) is 0. The van der Waals surface area contributed by atoms with E-state index in [0.29, 0.717) is 46.3 Å². The number of fused-ring (bicyclic) bond motifs is 1. The topological polar surface area (TPSA) is 185 Å². The highest BCUT2D eigenvalue weighted by atomic mass is 35.5. The average Bonchev–Trinajstić information content (AvgIpc) is 3.29. The van der Waals surface area contributed by atoms with Crippen LogP contribution in [-0.4, -0.2) is 35.0 Å². The number of primary amides is 2. The van der Waals surface area contributed by atoms with Gasteiger partial charge in [-0.25, -0.2) is 4.98 Å². The van der Waals surface area contributed by atoms with Crippen molar-refractivity contribution in [2.24, 2.45) is 11.5 Å². The highest BCUT2D eigenvalue weighted by Crippen LogP contribution is 2.28. The summed E-state index contributed by atoms with van der Waals surface area (Å²) in [6.07, 6.45) is -0.394. The number of ether oxygens (including phenoxy) is 2. The molecule has 0 atom stereocenters. The number of carbonyl (C=O) groups excluding carboxylic acids is 2. The number of nitrogens with two attached hydrogens (primary N) is 4. The third-order valence-corrected chi connectivity index (χ3v) is 5.53. The Labute approximate surface area is 243 Å². The Balaban J connectivity index is 0.000000497. The van der Waals surface area contributed by atoms with Gasteiger partial charge < -0.3 is 37.4 Å². The van der Waals surface area contributed by atoms with Gasteiger partial charge in [-0.3, -0.25) is 9.59 Å². The molecule has 3 aromatic carbocycles. The molecule has 0 fully saturated rings. The smallest absolute Gasteiger partial charge is 0.251 e. The molecule has 0 aliphatic rings. The van der Waals surface area contributed by atoms with Crippen LogP contribution in [0.2, 0.25) is 5.02 Å².